The SMILES string of the molecule is CC1(C)C(O)CC1Nc1cc(Br)ccc1[N+](=O)[O-]. The second-order valence-corrected chi connectivity index (χ2v) is 6.10. The molecular weight excluding hydrogens is 300 g/mol. The zero-order valence-electron chi connectivity index (χ0n) is 10.2. The van der Waals surface area contributed by atoms with E-state index in [1.807, 2.05) is 13.8 Å². The Balaban J connectivity index is 2.24. The molecule has 0 aliphatic heterocycles. The Bertz CT molecular complexity index is 490. The van der Waals surface area contributed by atoms with Gasteiger partial charge in [0.05, 0.1) is 11.0 Å². The average Bonchev–Trinajstić information content (AvgIpc) is 2.28. The number of anilines is 1. The van der Waals surface area contributed by atoms with Crippen molar-refractivity contribution in [3.8, 4) is 0 Å². The third-order valence-electron chi connectivity index (χ3n) is 3.70. The Morgan fingerprint density at radius 1 is 1.56 bits per heavy atom. The highest BCUT2D eigenvalue weighted by atomic mass is 79.9. The standard InChI is InChI=1S/C12H15BrN2O3/c1-12(2)10(6-11(12)16)14-8-5-7(13)3-4-9(8)15(17)18/h3-5,10-11,14,16H,6H2,1-2H3. The maximum Gasteiger partial charge on any atom is 0.292 e. The van der Waals surface area contributed by atoms with Crippen LogP contribution in [0.1, 0.15) is 20.3 Å². The number of nitro benzene ring substituents is 1. The predicted molar refractivity (Wildman–Crippen MR) is 72.6 cm³/mol. The lowest BCUT2D eigenvalue weighted by Gasteiger charge is -2.49. The number of nitrogens with one attached hydrogen (secondary N) is 1. The number of nitrogens with zero attached hydrogens (tertiary/aromatic N) is 1. The lowest BCUT2D eigenvalue weighted by atomic mass is 9.64. The normalized spacial score (nSPS) is 25.3. The van der Waals surface area contributed by atoms with Crippen LogP contribution in [0.2, 0.25) is 0 Å². The van der Waals surface area contributed by atoms with Crippen molar-refractivity contribution in [2.24, 2.45) is 5.41 Å². The van der Waals surface area contributed by atoms with Crippen LogP contribution in [0.5, 0.6) is 0 Å². The average molecular weight is 315 g/mol. The van der Waals surface area contributed by atoms with Crippen molar-refractivity contribution in [2.75, 3.05) is 5.32 Å². The van der Waals surface area contributed by atoms with Gasteiger partial charge in [-0.15, -0.1) is 0 Å². The Morgan fingerprint density at radius 3 is 2.72 bits per heavy atom. The first-order valence-corrected chi connectivity index (χ1v) is 6.50. The summed E-state index contributed by atoms with van der Waals surface area (Å²) in [5.41, 5.74) is 0.269. The van der Waals surface area contributed by atoms with Crippen LogP contribution >= 0.6 is 15.9 Å². The first-order valence-electron chi connectivity index (χ1n) is 5.71. The van der Waals surface area contributed by atoms with Crippen LogP contribution in [0.15, 0.2) is 22.7 Å². The number of benzene rings is 1. The Labute approximate surface area is 113 Å². The van der Waals surface area contributed by atoms with Crippen molar-refractivity contribution < 1.29 is 10.0 Å². The summed E-state index contributed by atoms with van der Waals surface area (Å²) in [6.45, 7) is 3.89. The first-order chi connectivity index (χ1) is 8.32. The summed E-state index contributed by atoms with van der Waals surface area (Å²) in [7, 11) is 0. The maximum absolute atomic E-state index is 10.9. The van der Waals surface area contributed by atoms with Gasteiger partial charge in [0.15, 0.2) is 0 Å². The van der Waals surface area contributed by atoms with E-state index in [1.165, 1.54) is 6.07 Å². The highest BCUT2D eigenvalue weighted by Gasteiger charge is 2.47. The molecule has 2 N–H and O–H groups in total. The molecule has 0 aromatic heterocycles. The Morgan fingerprint density at radius 2 is 2.22 bits per heavy atom. The van der Waals surface area contributed by atoms with Gasteiger partial charge in [-0.1, -0.05) is 29.8 Å². The highest BCUT2D eigenvalue weighted by Crippen LogP contribution is 2.43. The number of aliphatic hydroxyl groups excluding tert-OH is 1. The molecule has 1 aromatic rings. The van der Waals surface area contributed by atoms with E-state index in [0.29, 0.717) is 12.1 Å². The maximum atomic E-state index is 10.9. The summed E-state index contributed by atoms with van der Waals surface area (Å²) >= 11 is 3.30. The van der Waals surface area contributed by atoms with E-state index in [-0.39, 0.29) is 23.2 Å². The minimum atomic E-state index is -0.406. The fourth-order valence-corrected chi connectivity index (χ4v) is 2.48. The topological polar surface area (TPSA) is 75.4 Å². The van der Waals surface area contributed by atoms with Gasteiger partial charge >= 0.3 is 0 Å². The smallest absolute Gasteiger partial charge is 0.292 e. The van der Waals surface area contributed by atoms with E-state index < -0.39 is 4.92 Å². The quantitative estimate of drug-likeness (QED) is 0.664. The van der Waals surface area contributed by atoms with E-state index in [2.05, 4.69) is 21.2 Å². The second kappa shape index (κ2) is 4.51. The molecule has 2 rings (SSSR count). The Kier molecular flexibility index (Phi) is 3.33. The van der Waals surface area contributed by atoms with Crippen molar-refractivity contribution in [2.45, 2.75) is 32.4 Å². The molecule has 98 valence electrons. The molecule has 0 saturated heterocycles. The molecule has 0 spiro atoms. The van der Waals surface area contributed by atoms with Crippen LogP contribution < -0.4 is 5.32 Å². The van der Waals surface area contributed by atoms with Gasteiger partial charge in [0.2, 0.25) is 0 Å². The van der Waals surface area contributed by atoms with E-state index in [9.17, 15) is 15.2 Å². The summed E-state index contributed by atoms with van der Waals surface area (Å²) < 4.78 is 0.785. The Hall–Kier alpha value is -1.14. The fourth-order valence-electron chi connectivity index (χ4n) is 2.12. The molecule has 0 amide bonds. The molecule has 1 saturated carbocycles. The van der Waals surface area contributed by atoms with Crippen LogP contribution in [-0.4, -0.2) is 22.2 Å². The van der Waals surface area contributed by atoms with Gasteiger partial charge in [0.25, 0.3) is 5.69 Å². The molecule has 5 nitrogen and oxygen atoms in total. The number of halogens is 1. The van der Waals surface area contributed by atoms with E-state index >= 15 is 0 Å². The summed E-state index contributed by atoms with van der Waals surface area (Å²) in [5, 5.41) is 23.8. The molecular formula is C12H15BrN2O3. The molecule has 6 heteroatoms. The molecule has 2 atom stereocenters. The van der Waals surface area contributed by atoms with Crippen molar-refractivity contribution >= 4 is 27.3 Å². The largest absolute Gasteiger partial charge is 0.392 e. The number of hydrogen-bond donors (Lipinski definition) is 2. The fraction of sp³-hybridized carbons (Fsp3) is 0.500. The summed E-state index contributed by atoms with van der Waals surface area (Å²) in [4.78, 5) is 10.5. The van der Waals surface area contributed by atoms with E-state index in [4.69, 9.17) is 0 Å². The zero-order chi connectivity index (χ0) is 13.5. The van der Waals surface area contributed by atoms with E-state index in [0.717, 1.165) is 4.47 Å². The van der Waals surface area contributed by atoms with Gasteiger partial charge in [-0.3, -0.25) is 10.1 Å². The molecule has 1 aliphatic carbocycles. The van der Waals surface area contributed by atoms with Crippen LogP contribution in [-0.2, 0) is 0 Å². The molecule has 1 aliphatic rings. The predicted octanol–water partition coefficient (Wildman–Crippen LogP) is 2.93. The second-order valence-electron chi connectivity index (χ2n) is 5.19. The first kappa shape index (κ1) is 13.3. The molecule has 0 heterocycles. The molecule has 1 fully saturated rings. The summed E-state index contributed by atoms with van der Waals surface area (Å²) in [6.07, 6.45) is 0.248. The van der Waals surface area contributed by atoms with Crippen LogP contribution in [0.25, 0.3) is 0 Å². The zero-order valence-corrected chi connectivity index (χ0v) is 11.8. The van der Waals surface area contributed by atoms with Crippen molar-refractivity contribution in [3.63, 3.8) is 0 Å². The lowest BCUT2D eigenvalue weighted by Crippen LogP contribution is -2.56. The van der Waals surface area contributed by atoms with Gasteiger partial charge in [0.1, 0.15) is 5.69 Å². The minimum Gasteiger partial charge on any atom is -0.392 e. The highest BCUT2D eigenvalue weighted by molar-refractivity contribution is 9.10. The van der Waals surface area contributed by atoms with E-state index in [1.54, 1.807) is 12.1 Å². The number of hydrogen-bond acceptors (Lipinski definition) is 4. The molecule has 1 aromatic carbocycles. The van der Waals surface area contributed by atoms with Gasteiger partial charge in [-0.25, -0.2) is 0 Å². The number of rotatable bonds is 3. The lowest BCUT2D eigenvalue weighted by molar-refractivity contribution is -0.384. The number of nitro groups is 1. The van der Waals surface area contributed by atoms with Crippen LogP contribution in [0, 0.1) is 15.5 Å². The van der Waals surface area contributed by atoms with Crippen molar-refractivity contribution in [1.29, 1.82) is 0 Å². The molecule has 18 heavy (non-hydrogen) atoms. The summed E-state index contributed by atoms with van der Waals surface area (Å²) in [6, 6.07) is 4.85. The van der Waals surface area contributed by atoms with Crippen LogP contribution in [0.3, 0.4) is 0 Å². The van der Waals surface area contributed by atoms with Crippen LogP contribution in [0.4, 0.5) is 11.4 Å². The van der Waals surface area contributed by atoms with Gasteiger partial charge in [-0.2, -0.15) is 0 Å². The van der Waals surface area contributed by atoms with Crippen molar-refractivity contribution in [1.82, 2.24) is 0 Å². The summed E-state index contributed by atoms with van der Waals surface area (Å²) in [5.74, 6) is 0. The van der Waals surface area contributed by atoms with Gasteiger partial charge in [-0.05, 0) is 18.6 Å². The number of aliphatic hydroxyl groups is 1. The third-order valence-corrected chi connectivity index (χ3v) is 4.19. The monoisotopic (exact) mass is 314 g/mol. The van der Waals surface area contributed by atoms with Gasteiger partial charge < -0.3 is 10.4 Å². The molecule has 0 bridgehead atoms. The molecule has 0 radical (unpaired) electrons. The third kappa shape index (κ3) is 2.22. The van der Waals surface area contributed by atoms with Crippen molar-refractivity contribution in [3.05, 3.63) is 32.8 Å². The molecule has 2 unspecified atom stereocenters. The van der Waals surface area contributed by atoms with Gasteiger partial charge in [0, 0.05) is 22.0 Å². The minimum absolute atomic E-state index is 0.0421.